The van der Waals surface area contributed by atoms with Gasteiger partial charge < -0.3 is 15.7 Å². The molecule has 0 aliphatic rings. The van der Waals surface area contributed by atoms with E-state index in [9.17, 15) is 29.6 Å². The van der Waals surface area contributed by atoms with Gasteiger partial charge in [0.1, 0.15) is 5.25 Å². The van der Waals surface area contributed by atoms with Crippen LogP contribution in [0.2, 0.25) is 0 Å². The topological polar surface area (TPSA) is 139 Å². The molecule has 1 unspecified atom stereocenters. The highest BCUT2D eigenvalue weighted by Gasteiger charge is 2.23. The van der Waals surface area contributed by atoms with Crippen LogP contribution in [0.1, 0.15) is 31.5 Å². The highest BCUT2D eigenvalue weighted by atomic mass is 32.2. The number of non-ortho nitro benzene ring substituents is 1. The highest BCUT2D eigenvalue weighted by molar-refractivity contribution is 8.00. The van der Waals surface area contributed by atoms with Gasteiger partial charge in [-0.15, -0.1) is 11.8 Å². The number of carboxylic acid groups (broad SMARTS) is 1. The number of anilines is 2. The van der Waals surface area contributed by atoms with E-state index in [2.05, 4.69) is 10.6 Å². The third-order valence-corrected chi connectivity index (χ3v) is 6.67. The molecule has 4 aromatic carbocycles. The smallest absolute Gasteiger partial charge is 0.335 e. The van der Waals surface area contributed by atoms with Crippen molar-refractivity contribution in [3.8, 4) is 0 Å². The zero-order valence-corrected chi connectivity index (χ0v) is 20.6. The van der Waals surface area contributed by atoms with Gasteiger partial charge in [0.15, 0.2) is 0 Å². The Morgan fingerprint density at radius 3 is 2.13 bits per heavy atom. The van der Waals surface area contributed by atoms with Crippen molar-refractivity contribution in [3.05, 3.63) is 130 Å². The number of nitro groups is 1. The maximum atomic E-state index is 13.3. The normalized spacial score (nSPS) is 11.3. The van der Waals surface area contributed by atoms with Gasteiger partial charge >= 0.3 is 5.97 Å². The number of hydrogen-bond donors (Lipinski definition) is 3. The van der Waals surface area contributed by atoms with Crippen molar-refractivity contribution in [2.45, 2.75) is 10.1 Å². The molecule has 0 heterocycles. The Bertz CT molecular complexity index is 1490. The second-order valence-electron chi connectivity index (χ2n) is 8.07. The van der Waals surface area contributed by atoms with E-state index in [1.807, 2.05) is 30.3 Å². The van der Waals surface area contributed by atoms with E-state index in [1.165, 1.54) is 48.2 Å². The molecule has 10 heteroatoms. The summed E-state index contributed by atoms with van der Waals surface area (Å²) >= 11 is 1.29. The molecule has 0 aromatic heterocycles. The minimum Gasteiger partial charge on any atom is -0.478 e. The summed E-state index contributed by atoms with van der Waals surface area (Å²) in [5.41, 5.74) is 1.66. The minimum atomic E-state index is -1.09. The van der Waals surface area contributed by atoms with E-state index in [0.29, 0.717) is 11.4 Å². The van der Waals surface area contributed by atoms with Gasteiger partial charge in [-0.1, -0.05) is 42.5 Å². The van der Waals surface area contributed by atoms with Crippen LogP contribution in [-0.2, 0) is 4.79 Å². The molecule has 4 rings (SSSR count). The monoisotopic (exact) mass is 527 g/mol. The first-order valence-electron chi connectivity index (χ1n) is 11.3. The van der Waals surface area contributed by atoms with Gasteiger partial charge in [0, 0.05) is 34.0 Å². The predicted octanol–water partition coefficient (Wildman–Crippen LogP) is 6.02. The number of carboxylic acids is 1. The lowest BCUT2D eigenvalue weighted by Gasteiger charge is -2.17. The number of nitrogens with zero attached hydrogens (tertiary/aromatic N) is 1. The lowest BCUT2D eigenvalue weighted by atomic mass is 10.1. The van der Waals surface area contributed by atoms with Crippen molar-refractivity contribution in [1.82, 2.24) is 0 Å². The number of benzene rings is 4. The molecule has 0 spiro atoms. The minimum absolute atomic E-state index is 0.0643. The maximum absolute atomic E-state index is 13.3. The van der Waals surface area contributed by atoms with E-state index in [-0.39, 0.29) is 22.7 Å². The fourth-order valence-corrected chi connectivity index (χ4v) is 4.58. The number of rotatable bonds is 9. The van der Waals surface area contributed by atoms with Crippen molar-refractivity contribution < 1.29 is 24.4 Å². The molecule has 0 saturated carbocycles. The van der Waals surface area contributed by atoms with Crippen molar-refractivity contribution in [2.75, 3.05) is 10.6 Å². The molecule has 1 atom stereocenters. The number of aromatic carboxylic acids is 1. The first-order chi connectivity index (χ1) is 18.3. The van der Waals surface area contributed by atoms with E-state index in [0.717, 1.165) is 10.5 Å². The largest absolute Gasteiger partial charge is 0.478 e. The molecule has 3 N–H and O–H groups in total. The quantitative estimate of drug-likeness (QED) is 0.137. The molecule has 9 nitrogen and oxygen atoms in total. The van der Waals surface area contributed by atoms with E-state index in [4.69, 9.17) is 0 Å². The Hall–Kier alpha value is -4.96. The average molecular weight is 528 g/mol. The van der Waals surface area contributed by atoms with Gasteiger partial charge in [0.25, 0.3) is 11.6 Å². The van der Waals surface area contributed by atoms with Crippen LogP contribution < -0.4 is 10.6 Å². The second kappa shape index (κ2) is 11.8. The van der Waals surface area contributed by atoms with Gasteiger partial charge in [0.05, 0.1) is 10.5 Å². The summed E-state index contributed by atoms with van der Waals surface area (Å²) in [6, 6.07) is 27.5. The molecule has 2 amide bonds. The summed E-state index contributed by atoms with van der Waals surface area (Å²) in [5, 5.41) is 25.1. The number of carbonyl (C=O) groups is 3. The van der Waals surface area contributed by atoms with Crippen molar-refractivity contribution >= 4 is 46.6 Å². The molecule has 0 radical (unpaired) electrons. The number of carbonyl (C=O) groups excluding carboxylic acids is 2. The van der Waals surface area contributed by atoms with Crippen LogP contribution >= 0.6 is 11.8 Å². The van der Waals surface area contributed by atoms with E-state index in [1.54, 1.807) is 36.4 Å². The summed E-state index contributed by atoms with van der Waals surface area (Å²) in [6.07, 6.45) is 0. The Morgan fingerprint density at radius 1 is 0.763 bits per heavy atom. The Labute approximate surface area is 221 Å². The van der Waals surface area contributed by atoms with Crippen LogP contribution in [0.3, 0.4) is 0 Å². The highest BCUT2D eigenvalue weighted by Crippen LogP contribution is 2.37. The van der Waals surface area contributed by atoms with Crippen LogP contribution in [0.25, 0.3) is 0 Å². The Balaban J connectivity index is 1.49. The molecule has 38 heavy (non-hydrogen) atoms. The third kappa shape index (κ3) is 6.62. The van der Waals surface area contributed by atoms with Crippen molar-refractivity contribution in [3.63, 3.8) is 0 Å². The Kier molecular flexibility index (Phi) is 8.14. The lowest BCUT2D eigenvalue weighted by Crippen LogP contribution is -2.19. The van der Waals surface area contributed by atoms with Crippen LogP contribution in [0.5, 0.6) is 0 Å². The standard InChI is InChI=1S/C28H21N3O6S/c32-26(19-8-5-11-23(17-19)31(36)37)29-21-12-14-24(15-13-21)38-25(18-6-2-1-3-7-18)27(33)30-22-10-4-9-20(16-22)28(34)35/h1-17,25H,(H,29,32)(H,30,33)(H,34,35). The molecular formula is C28H21N3O6S. The van der Waals surface area contributed by atoms with Gasteiger partial charge in [0.2, 0.25) is 5.91 Å². The number of nitrogens with one attached hydrogen (secondary N) is 2. The van der Waals surface area contributed by atoms with Gasteiger partial charge in [-0.2, -0.15) is 0 Å². The van der Waals surface area contributed by atoms with Crippen LogP contribution in [0.15, 0.2) is 108 Å². The van der Waals surface area contributed by atoms with E-state index < -0.39 is 22.0 Å². The van der Waals surface area contributed by atoms with Crippen molar-refractivity contribution in [1.29, 1.82) is 0 Å². The zero-order valence-electron chi connectivity index (χ0n) is 19.7. The second-order valence-corrected chi connectivity index (χ2v) is 9.25. The lowest BCUT2D eigenvalue weighted by molar-refractivity contribution is -0.384. The summed E-state index contributed by atoms with van der Waals surface area (Å²) in [5.74, 6) is -1.90. The predicted molar refractivity (Wildman–Crippen MR) is 145 cm³/mol. The SMILES string of the molecule is O=C(O)c1cccc(NC(=O)C(Sc2ccc(NC(=O)c3cccc([N+](=O)[O-])c3)cc2)c2ccccc2)c1. The zero-order chi connectivity index (χ0) is 27.1. The van der Waals surface area contributed by atoms with Crippen LogP contribution in [0, 0.1) is 10.1 Å². The van der Waals surface area contributed by atoms with Crippen LogP contribution in [0.4, 0.5) is 17.1 Å². The van der Waals surface area contributed by atoms with Crippen molar-refractivity contribution in [2.24, 2.45) is 0 Å². The fraction of sp³-hybridized carbons (Fsp3) is 0.0357. The summed E-state index contributed by atoms with van der Waals surface area (Å²) in [6.45, 7) is 0. The molecule has 0 bridgehead atoms. The fourth-order valence-electron chi connectivity index (χ4n) is 3.56. The molecular weight excluding hydrogens is 506 g/mol. The molecule has 0 saturated heterocycles. The van der Waals surface area contributed by atoms with E-state index >= 15 is 0 Å². The third-order valence-electron chi connectivity index (χ3n) is 5.40. The number of nitro benzene ring substituents is 1. The molecule has 4 aromatic rings. The Morgan fingerprint density at radius 2 is 1.45 bits per heavy atom. The summed E-state index contributed by atoms with van der Waals surface area (Å²) in [4.78, 5) is 48.2. The van der Waals surface area contributed by atoms with Gasteiger partial charge in [-0.25, -0.2) is 4.79 Å². The van der Waals surface area contributed by atoms with Gasteiger partial charge in [-0.05, 0) is 54.1 Å². The molecule has 0 fully saturated rings. The molecule has 190 valence electrons. The maximum Gasteiger partial charge on any atom is 0.335 e. The van der Waals surface area contributed by atoms with Crippen LogP contribution in [-0.4, -0.2) is 27.8 Å². The van der Waals surface area contributed by atoms with Gasteiger partial charge in [-0.3, -0.25) is 19.7 Å². The molecule has 0 aliphatic heterocycles. The first kappa shape index (κ1) is 26.1. The summed E-state index contributed by atoms with van der Waals surface area (Å²) in [7, 11) is 0. The molecule has 0 aliphatic carbocycles. The number of hydrogen-bond acceptors (Lipinski definition) is 6. The summed E-state index contributed by atoms with van der Waals surface area (Å²) < 4.78 is 0. The first-order valence-corrected chi connectivity index (χ1v) is 12.2. The average Bonchev–Trinajstić information content (AvgIpc) is 2.93. The number of amides is 2. The number of thioether (sulfide) groups is 1.